The molecule has 0 amide bonds. The number of epoxide rings is 1. The smallest absolute Gasteiger partial charge is 0.316 e. The summed E-state index contributed by atoms with van der Waals surface area (Å²) >= 11 is 0. The third-order valence-electron chi connectivity index (χ3n) is 5.33. The molecule has 6 atom stereocenters. The Morgan fingerprint density at radius 1 is 1.30 bits per heavy atom. The van der Waals surface area contributed by atoms with Gasteiger partial charge in [-0.2, -0.15) is 0 Å². The molecule has 0 aliphatic carbocycles. The zero-order valence-corrected chi connectivity index (χ0v) is 13.8. The molecular formula is C17H22ClNO4. The minimum Gasteiger partial charge on any atom is -0.462 e. The van der Waals surface area contributed by atoms with Gasteiger partial charge >= 0.3 is 5.97 Å². The standard InChI is InChI=1S/C17H21NO4.ClH/c1-18-13-7-11(8-14(18)16-15(13)22-16)21-17(20)12(9-19)10-5-3-2-4-6-10;/h2-6,11-16,19H,7-9H2,1H3;1H/t11?,12-,13-,14+,15-,16+;/m0./s1. The lowest BCUT2D eigenvalue weighted by Crippen LogP contribution is -2.48. The fourth-order valence-electron chi connectivity index (χ4n) is 4.04. The molecule has 3 aliphatic heterocycles. The van der Waals surface area contributed by atoms with Crippen molar-refractivity contribution >= 4 is 18.4 Å². The normalized spacial score (nSPS) is 35.8. The lowest BCUT2D eigenvalue weighted by atomic mass is 9.97. The quantitative estimate of drug-likeness (QED) is 0.662. The van der Waals surface area contributed by atoms with E-state index in [1.54, 1.807) is 0 Å². The average Bonchev–Trinajstić information content (AvgIpc) is 3.27. The van der Waals surface area contributed by atoms with E-state index in [-0.39, 0.29) is 31.1 Å². The number of rotatable bonds is 4. The number of aliphatic hydroxyl groups is 1. The summed E-state index contributed by atoms with van der Waals surface area (Å²) < 4.78 is 11.4. The molecule has 3 fully saturated rings. The predicted octanol–water partition coefficient (Wildman–Crippen LogP) is 1.34. The van der Waals surface area contributed by atoms with Gasteiger partial charge in [-0.3, -0.25) is 9.69 Å². The van der Waals surface area contributed by atoms with Gasteiger partial charge in [-0.25, -0.2) is 0 Å². The zero-order chi connectivity index (χ0) is 15.3. The van der Waals surface area contributed by atoms with Crippen LogP contribution in [0, 0.1) is 0 Å². The molecule has 3 aliphatic rings. The van der Waals surface area contributed by atoms with E-state index >= 15 is 0 Å². The molecule has 0 aromatic heterocycles. The van der Waals surface area contributed by atoms with Crippen molar-refractivity contribution in [2.24, 2.45) is 0 Å². The van der Waals surface area contributed by atoms with Crippen molar-refractivity contribution in [2.75, 3.05) is 13.7 Å². The lowest BCUT2D eigenvalue weighted by Gasteiger charge is -2.38. The molecule has 1 N–H and O–H groups in total. The molecule has 3 saturated heterocycles. The lowest BCUT2D eigenvalue weighted by molar-refractivity contribution is -0.156. The summed E-state index contributed by atoms with van der Waals surface area (Å²) in [5.74, 6) is -0.915. The van der Waals surface area contributed by atoms with Crippen molar-refractivity contribution in [3.05, 3.63) is 35.9 Å². The van der Waals surface area contributed by atoms with E-state index in [9.17, 15) is 9.90 Å². The number of fused-ring (bicyclic) bond motifs is 5. The molecule has 0 saturated carbocycles. The van der Waals surface area contributed by atoms with E-state index in [2.05, 4.69) is 11.9 Å². The predicted molar refractivity (Wildman–Crippen MR) is 86.6 cm³/mol. The van der Waals surface area contributed by atoms with Crippen molar-refractivity contribution in [3.8, 4) is 0 Å². The highest BCUT2D eigenvalue weighted by Crippen LogP contribution is 2.48. The fourth-order valence-corrected chi connectivity index (χ4v) is 4.04. The number of esters is 1. The van der Waals surface area contributed by atoms with Crippen LogP contribution in [0.15, 0.2) is 30.3 Å². The summed E-state index contributed by atoms with van der Waals surface area (Å²) in [7, 11) is 2.13. The maximum absolute atomic E-state index is 12.4. The zero-order valence-electron chi connectivity index (χ0n) is 13.0. The van der Waals surface area contributed by atoms with E-state index in [4.69, 9.17) is 9.47 Å². The van der Waals surface area contributed by atoms with Gasteiger partial charge in [0.1, 0.15) is 24.2 Å². The second-order valence-corrected chi connectivity index (χ2v) is 6.54. The first-order valence-corrected chi connectivity index (χ1v) is 7.92. The number of morpholine rings is 1. The Balaban J connectivity index is 0.00000156. The SMILES string of the molecule is CN1[C@@H]2CC(OC(=O)[C@@H](CO)c3ccccc3)C[C@H]1[C@@H]1O[C@@H]12.Cl. The van der Waals surface area contributed by atoms with Crippen molar-refractivity contribution in [3.63, 3.8) is 0 Å². The van der Waals surface area contributed by atoms with Gasteiger partial charge in [-0.15, -0.1) is 12.4 Å². The fraction of sp³-hybridized carbons (Fsp3) is 0.588. The maximum atomic E-state index is 12.4. The van der Waals surface area contributed by atoms with Crippen LogP contribution >= 0.6 is 12.4 Å². The summed E-state index contributed by atoms with van der Waals surface area (Å²) in [6.45, 7) is -0.226. The Kier molecular flexibility index (Phi) is 4.65. The molecule has 126 valence electrons. The van der Waals surface area contributed by atoms with Gasteiger partial charge in [0.25, 0.3) is 0 Å². The number of likely N-dealkylation sites (N-methyl/N-ethyl adjacent to an activating group) is 1. The van der Waals surface area contributed by atoms with Crippen LogP contribution in [0.5, 0.6) is 0 Å². The molecule has 6 heteroatoms. The van der Waals surface area contributed by atoms with Gasteiger partial charge in [0, 0.05) is 24.9 Å². The van der Waals surface area contributed by atoms with Crippen LogP contribution in [0.25, 0.3) is 0 Å². The highest BCUT2D eigenvalue weighted by molar-refractivity contribution is 5.85. The first-order valence-electron chi connectivity index (χ1n) is 7.92. The number of halogens is 1. The molecular weight excluding hydrogens is 318 g/mol. The summed E-state index contributed by atoms with van der Waals surface area (Å²) in [5.41, 5.74) is 0.803. The maximum Gasteiger partial charge on any atom is 0.316 e. The van der Waals surface area contributed by atoms with E-state index in [1.807, 2.05) is 30.3 Å². The van der Waals surface area contributed by atoms with E-state index in [1.165, 1.54) is 0 Å². The summed E-state index contributed by atoms with van der Waals surface area (Å²) in [4.78, 5) is 14.8. The summed E-state index contributed by atoms with van der Waals surface area (Å²) in [6, 6.07) is 10.1. The molecule has 3 heterocycles. The monoisotopic (exact) mass is 339 g/mol. The van der Waals surface area contributed by atoms with Crippen molar-refractivity contribution < 1.29 is 19.4 Å². The van der Waals surface area contributed by atoms with E-state index in [0.29, 0.717) is 24.3 Å². The number of aliphatic hydroxyl groups excluding tert-OH is 1. The van der Waals surface area contributed by atoms with E-state index in [0.717, 1.165) is 18.4 Å². The van der Waals surface area contributed by atoms with Gasteiger partial charge in [0.2, 0.25) is 0 Å². The second-order valence-electron chi connectivity index (χ2n) is 6.54. The topological polar surface area (TPSA) is 62.3 Å². The number of piperidine rings is 1. The minimum absolute atomic E-state index is 0. The van der Waals surface area contributed by atoms with Crippen LogP contribution in [0.4, 0.5) is 0 Å². The molecule has 2 bridgehead atoms. The van der Waals surface area contributed by atoms with Gasteiger partial charge in [0.05, 0.1) is 6.61 Å². The van der Waals surface area contributed by atoms with Crippen LogP contribution in [0.2, 0.25) is 0 Å². The number of benzene rings is 1. The largest absolute Gasteiger partial charge is 0.462 e. The molecule has 4 rings (SSSR count). The number of carbonyl (C=O) groups is 1. The summed E-state index contributed by atoms with van der Waals surface area (Å²) in [6.07, 6.45) is 2.26. The Labute approximate surface area is 142 Å². The molecule has 1 unspecified atom stereocenters. The number of ether oxygens (including phenoxy) is 2. The Morgan fingerprint density at radius 3 is 2.48 bits per heavy atom. The van der Waals surface area contributed by atoms with Crippen LogP contribution in [0.3, 0.4) is 0 Å². The molecule has 0 radical (unpaired) electrons. The van der Waals surface area contributed by atoms with E-state index < -0.39 is 5.92 Å². The Morgan fingerprint density at radius 2 is 1.91 bits per heavy atom. The minimum atomic E-state index is -0.593. The number of carbonyl (C=O) groups excluding carboxylic acids is 1. The molecule has 5 nitrogen and oxygen atoms in total. The third-order valence-corrected chi connectivity index (χ3v) is 5.33. The van der Waals surface area contributed by atoms with Crippen molar-refractivity contribution in [1.29, 1.82) is 0 Å². The highest BCUT2D eigenvalue weighted by Gasteiger charge is 2.62. The molecule has 1 aromatic carbocycles. The number of hydrogen-bond donors (Lipinski definition) is 1. The molecule has 1 aromatic rings. The summed E-state index contributed by atoms with van der Waals surface area (Å²) in [5, 5.41) is 9.56. The third kappa shape index (κ3) is 2.87. The van der Waals surface area contributed by atoms with Gasteiger partial charge in [-0.1, -0.05) is 30.3 Å². The second kappa shape index (κ2) is 6.40. The highest BCUT2D eigenvalue weighted by atomic mass is 35.5. The van der Waals surface area contributed by atoms with Gasteiger partial charge < -0.3 is 14.6 Å². The van der Waals surface area contributed by atoms with Crippen molar-refractivity contribution in [2.45, 2.75) is 49.2 Å². The average molecular weight is 340 g/mol. The van der Waals surface area contributed by atoms with Crippen LogP contribution in [-0.4, -0.2) is 60.0 Å². The van der Waals surface area contributed by atoms with Crippen LogP contribution in [0.1, 0.15) is 24.3 Å². The molecule has 23 heavy (non-hydrogen) atoms. The Hall–Kier alpha value is -1.14. The molecule has 0 spiro atoms. The first-order chi connectivity index (χ1) is 10.7. The van der Waals surface area contributed by atoms with Crippen molar-refractivity contribution in [1.82, 2.24) is 4.90 Å². The van der Waals surface area contributed by atoms with Crippen LogP contribution < -0.4 is 0 Å². The van der Waals surface area contributed by atoms with Gasteiger partial charge in [0.15, 0.2) is 0 Å². The number of nitrogens with zero attached hydrogens (tertiary/aromatic N) is 1. The Bertz CT molecular complexity index is 551. The number of hydrogen-bond acceptors (Lipinski definition) is 5. The first kappa shape index (κ1) is 16.7. The van der Waals surface area contributed by atoms with Crippen LogP contribution in [-0.2, 0) is 14.3 Å². The van der Waals surface area contributed by atoms with Gasteiger partial charge in [-0.05, 0) is 12.6 Å².